The van der Waals surface area contributed by atoms with Crippen LogP contribution in [0.25, 0.3) is 0 Å². The van der Waals surface area contributed by atoms with Gasteiger partial charge in [-0.15, -0.1) is 5.10 Å². The van der Waals surface area contributed by atoms with Gasteiger partial charge < -0.3 is 11.1 Å². The zero-order valence-corrected chi connectivity index (χ0v) is 11.0. The Labute approximate surface area is 113 Å². The van der Waals surface area contributed by atoms with Crippen LogP contribution < -0.4 is 11.1 Å². The third-order valence-corrected chi connectivity index (χ3v) is 3.27. The van der Waals surface area contributed by atoms with Crippen molar-refractivity contribution in [2.45, 2.75) is 13.3 Å². The summed E-state index contributed by atoms with van der Waals surface area (Å²) in [6.45, 7) is 1.73. The van der Waals surface area contributed by atoms with Gasteiger partial charge in [-0.3, -0.25) is 9.59 Å². The van der Waals surface area contributed by atoms with Crippen LogP contribution in [0.3, 0.4) is 0 Å². The normalized spacial score (nSPS) is 10.2. The summed E-state index contributed by atoms with van der Waals surface area (Å²) in [4.78, 5) is 23.2. The Morgan fingerprint density at radius 1 is 1.32 bits per heavy atom. The number of carbonyl (C=O) groups is 2. The van der Waals surface area contributed by atoms with Crippen LogP contribution in [0.2, 0.25) is 0 Å². The number of anilines is 1. The Kier molecular flexibility index (Phi) is 3.86. The van der Waals surface area contributed by atoms with Gasteiger partial charge in [0.2, 0.25) is 5.91 Å². The summed E-state index contributed by atoms with van der Waals surface area (Å²) in [5, 5.41) is 6.52. The van der Waals surface area contributed by atoms with Crippen molar-refractivity contribution in [2.75, 3.05) is 5.32 Å². The van der Waals surface area contributed by atoms with E-state index in [2.05, 4.69) is 14.9 Å². The number of nitrogens with zero attached hydrogens (tertiary/aromatic N) is 2. The van der Waals surface area contributed by atoms with Gasteiger partial charge in [0.1, 0.15) is 4.88 Å². The number of rotatable bonds is 4. The molecule has 0 saturated heterocycles. The third-order valence-electron chi connectivity index (χ3n) is 2.45. The van der Waals surface area contributed by atoms with E-state index >= 15 is 0 Å². The van der Waals surface area contributed by atoms with Gasteiger partial charge in [-0.2, -0.15) is 0 Å². The number of carbonyl (C=O) groups excluding carboxylic acids is 2. The van der Waals surface area contributed by atoms with Crippen molar-refractivity contribution in [1.82, 2.24) is 9.59 Å². The summed E-state index contributed by atoms with van der Waals surface area (Å²) >= 11 is 1.05. The summed E-state index contributed by atoms with van der Waals surface area (Å²) in [5.41, 5.74) is 7.16. The Morgan fingerprint density at radius 3 is 2.53 bits per heavy atom. The van der Waals surface area contributed by atoms with Gasteiger partial charge in [-0.05, 0) is 36.2 Å². The molecule has 3 N–H and O–H groups in total. The predicted octanol–water partition coefficient (Wildman–Crippen LogP) is 1.13. The van der Waals surface area contributed by atoms with Crippen LogP contribution in [-0.2, 0) is 11.2 Å². The second-order valence-electron chi connectivity index (χ2n) is 3.98. The summed E-state index contributed by atoms with van der Waals surface area (Å²) < 4.78 is 3.71. The SMILES string of the molecule is Cc1nnsc1C(=O)Nc1ccc(CC(N)=O)cc1. The molecular formula is C12H12N4O2S. The van der Waals surface area contributed by atoms with Crippen LogP contribution in [-0.4, -0.2) is 21.4 Å². The molecule has 19 heavy (non-hydrogen) atoms. The maximum Gasteiger partial charge on any atom is 0.269 e. The number of aryl methyl sites for hydroxylation is 1. The summed E-state index contributed by atoms with van der Waals surface area (Å²) in [7, 11) is 0. The van der Waals surface area contributed by atoms with E-state index in [1.807, 2.05) is 0 Å². The molecule has 0 atom stereocenters. The van der Waals surface area contributed by atoms with Crippen LogP contribution >= 0.6 is 11.5 Å². The highest BCUT2D eigenvalue weighted by Crippen LogP contribution is 2.14. The molecule has 0 aliphatic heterocycles. The van der Waals surface area contributed by atoms with E-state index in [9.17, 15) is 9.59 Å². The van der Waals surface area contributed by atoms with Gasteiger partial charge in [-0.1, -0.05) is 16.6 Å². The molecule has 6 nitrogen and oxygen atoms in total. The van der Waals surface area contributed by atoms with Gasteiger partial charge in [0.25, 0.3) is 5.91 Å². The summed E-state index contributed by atoms with van der Waals surface area (Å²) in [6, 6.07) is 6.94. The average molecular weight is 276 g/mol. The Balaban J connectivity index is 2.06. The van der Waals surface area contributed by atoms with E-state index in [1.54, 1.807) is 31.2 Å². The number of nitrogens with two attached hydrogens (primary N) is 1. The molecule has 0 bridgehead atoms. The standard InChI is InChI=1S/C12H12N4O2S/c1-7-11(19-16-15-7)12(18)14-9-4-2-8(3-5-9)6-10(13)17/h2-5H,6H2,1H3,(H2,13,17)(H,14,18). The van der Waals surface area contributed by atoms with Crippen LogP contribution in [0.5, 0.6) is 0 Å². The average Bonchev–Trinajstić information content (AvgIpc) is 2.77. The van der Waals surface area contributed by atoms with Gasteiger partial charge in [0.05, 0.1) is 12.1 Å². The van der Waals surface area contributed by atoms with Gasteiger partial charge >= 0.3 is 0 Å². The molecule has 1 aromatic heterocycles. The minimum atomic E-state index is -0.386. The van der Waals surface area contributed by atoms with E-state index < -0.39 is 0 Å². The fourth-order valence-corrected chi connectivity index (χ4v) is 2.09. The highest BCUT2D eigenvalue weighted by Gasteiger charge is 2.13. The number of hydrogen-bond acceptors (Lipinski definition) is 5. The molecule has 0 aliphatic rings. The fraction of sp³-hybridized carbons (Fsp3) is 0.167. The molecule has 7 heteroatoms. The van der Waals surface area contributed by atoms with Crippen LogP contribution in [0.15, 0.2) is 24.3 Å². The van der Waals surface area contributed by atoms with E-state index in [1.165, 1.54) is 0 Å². The number of nitrogens with one attached hydrogen (secondary N) is 1. The van der Waals surface area contributed by atoms with Crippen molar-refractivity contribution in [3.8, 4) is 0 Å². The minimum Gasteiger partial charge on any atom is -0.369 e. The molecule has 0 radical (unpaired) electrons. The first kappa shape index (κ1) is 13.2. The minimum absolute atomic E-state index is 0.187. The fourth-order valence-electron chi connectivity index (χ4n) is 1.53. The van der Waals surface area contributed by atoms with Crippen molar-refractivity contribution in [1.29, 1.82) is 0 Å². The molecule has 1 heterocycles. The molecule has 1 aromatic carbocycles. The van der Waals surface area contributed by atoms with E-state index in [0.717, 1.165) is 17.1 Å². The molecule has 0 saturated carbocycles. The molecule has 0 spiro atoms. The lowest BCUT2D eigenvalue weighted by atomic mass is 10.1. The quantitative estimate of drug-likeness (QED) is 0.874. The number of aromatic nitrogens is 2. The highest BCUT2D eigenvalue weighted by atomic mass is 32.1. The number of hydrogen-bond donors (Lipinski definition) is 2. The third kappa shape index (κ3) is 3.35. The predicted molar refractivity (Wildman–Crippen MR) is 71.9 cm³/mol. The summed E-state index contributed by atoms with van der Waals surface area (Å²) in [6.07, 6.45) is 0.187. The molecule has 0 fully saturated rings. The number of benzene rings is 1. The first-order chi connectivity index (χ1) is 9.06. The van der Waals surface area contributed by atoms with Crippen molar-refractivity contribution in [3.63, 3.8) is 0 Å². The number of primary amides is 1. The van der Waals surface area contributed by atoms with Crippen LogP contribution in [0.4, 0.5) is 5.69 Å². The first-order valence-corrected chi connectivity index (χ1v) is 6.31. The number of amides is 2. The zero-order chi connectivity index (χ0) is 13.8. The van der Waals surface area contributed by atoms with Gasteiger partial charge in [0.15, 0.2) is 0 Å². The maximum absolute atomic E-state index is 11.9. The largest absolute Gasteiger partial charge is 0.369 e. The van der Waals surface area contributed by atoms with E-state index in [0.29, 0.717) is 16.3 Å². The monoisotopic (exact) mass is 276 g/mol. The van der Waals surface area contributed by atoms with Crippen molar-refractivity contribution < 1.29 is 9.59 Å². The highest BCUT2D eigenvalue weighted by molar-refractivity contribution is 7.08. The molecule has 0 unspecified atom stereocenters. The molecular weight excluding hydrogens is 264 g/mol. The summed E-state index contributed by atoms with van der Waals surface area (Å²) in [5.74, 6) is -0.627. The first-order valence-electron chi connectivity index (χ1n) is 5.54. The Hall–Kier alpha value is -2.28. The van der Waals surface area contributed by atoms with E-state index in [4.69, 9.17) is 5.73 Å². The molecule has 98 valence electrons. The second kappa shape index (κ2) is 5.57. The van der Waals surface area contributed by atoms with E-state index in [-0.39, 0.29) is 18.2 Å². The van der Waals surface area contributed by atoms with Crippen molar-refractivity contribution >= 4 is 29.0 Å². The van der Waals surface area contributed by atoms with Crippen molar-refractivity contribution in [2.24, 2.45) is 5.73 Å². The lowest BCUT2D eigenvalue weighted by Gasteiger charge is -2.04. The van der Waals surface area contributed by atoms with Gasteiger partial charge in [0, 0.05) is 5.69 Å². The Bertz CT molecular complexity index is 606. The van der Waals surface area contributed by atoms with Gasteiger partial charge in [-0.25, -0.2) is 0 Å². The second-order valence-corrected chi connectivity index (χ2v) is 4.74. The maximum atomic E-state index is 11.9. The molecule has 2 rings (SSSR count). The smallest absolute Gasteiger partial charge is 0.269 e. The van der Waals surface area contributed by atoms with Crippen LogP contribution in [0.1, 0.15) is 20.9 Å². The topological polar surface area (TPSA) is 98.0 Å². The molecule has 0 aliphatic carbocycles. The molecule has 2 aromatic rings. The lowest BCUT2D eigenvalue weighted by molar-refractivity contribution is -0.117. The van der Waals surface area contributed by atoms with Crippen molar-refractivity contribution in [3.05, 3.63) is 40.4 Å². The lowest BCUT2D eigenvalue weighted by Crippen LogP contribution is -2.14. The Morgan fingerprint density at radius 2 is 2.00 bits per heavy atom. The zero-order valence-electron chi connectivity index (χ0n) is 10.2. The molecule has 2 amide bonds. The van der Waals surface area contributed by atoms with Crippen LogP contribution in [0, 0.1) is 6.92 Å².